The number of anilines is 1. The molecule has 1 aromatic heterocycles. The Labute approximate surface area is 207 Å². The predicted octanol–water partition coefficient (Wildman–Crippen LogP) is 3.72. The van der Waals surface area contributed by atoms with E-state index in [1.165, 1.54) is 31.2 Å². The summed E-state index contributed by atoms with van der Waals surface area (Å²) in [7, 11) is 4.33. The van der Waals surface area contributed by atoms with Crippen LogP contribution in [0.3, 0.4) is 0 Å². The number of nitrogens with zero attached hydrogens (tertiary/aromatic N) is 5. The number of hydrogen-bond acceptors (Lipinski definition) is 5. The van der Waals surface area contributed by atoms with Crippen molar-refractivity contribution < 1.29 is 9.59 Å². The van der Waals surface area contributed by atoms with Gasteiger partial charge in [-0.15, -0.1) is 0 Å². The van der Waals surface area contributed by atoms with Crippen LogP contribution in [0.15, 0.2) is 48.9 Å². The molecule has 8 nitrogen and oxygen atoms in total. The van der Waals surface area contributed by atoms with Gasteiger partial charge in [-0.05, 0) is 70.2 Å². The molecule has 0 unspecified atom stereocenters. The second-order valence-electron chi connectivity index (χ2n) is 10.7. The first-order valence-electron chi connectivity index (χ1n) is 12.8. The minimum Gasteiger partial charge on any atom is -0.317 e. The number of benzene rings is 1. The summed E-state index contributed by atoms with van der Waals surface area (Å²) < 4.78 is 0. The van der Waals surface area contributed by atoms with Crippen molar-refractivity contribution in [1.29, 1.82) is 0 Å². The molecule has 3 fully saturated rings. The van der Waals surface area contributed by atoms with E-state index in [-0.39, 0.29) is 29.6 Å². The highest BCUT2D eigenvalue weighted by atomic mass is 16.2. The summed E-state index contributed by atoms with van der Waals surface area (Å²) in [4.78, 5) is 40.6. The number of nitrogens with one attached hydrogen (secondary N) is 1. The molecule has 8 heteroatoms. The Bertz CT molecular complexity index is 1030. The average Bonchev–Trinajstić information content (AvgIpc) is 3.08. The topological polar surface area (TPSA) is 81.7 Å². The van der Waals surface area contributed by atoms with E-state index < -0.39 is 0 Å². The van der Waals surface area contributed by atoms with Crippen LogP contribution >= 0.6 is 0 Å². The molecule has 0 bridgehead atoms. The van der Waals surface area contributed by atoms with Crippen molar-refractivity contribution in [2.24, 2.45) is 5.92 Å². The second-order valence-corrected chi connectivity index (χ2v) is 10.7. The van der Waals surface area contributed by atoms with Gasteiger partial charge in [-0.2, -0.15) is 0 Å². The average molecular weight is 477 g/mol. The van der Waals surface area contributed by atoms with E-state index in [0.717, 1.165) is 32.2 Å². The lowest BCUT2D eigenvalue weighted by molar-refractivity contribution is -0.116. The summed E-state index contributed by atoms with van der Waals surface area (Å²) in [6, 6.07) is 12.4. The van der Waals surface area contributed by atoms with Crippen LogP contribution in [0.25, 0.3) is 0 Å². The highest BCUT2D eigenvalue weighted by molar-refractivity contribution is 5.94. The van der Waals surface area contributed by atoms with Gasteiger partial charge in [0.15, 0.2) is 0 Å². The third-order valence-corrected chi connectivity index (χ3v) is 8.58. The fourth-order valence-corrected chi connectivity index (χ4v) is 6.23. The van der Waals surface area contributed by atoms with Crippen molar-refractivity contribution in [3.8, 4) is 0 Å². The normalized spacial score (nSPS) is 26.9. The van der Waals surface area contributed by atoms with Crippen LogP contribution in [0, 0.1) is 5.92 Å². The van der Waals surface area contributed by atoms with Crippen molar-refractivity contribution in [2.75, 3.05) is 39.0 Å². The smallest absolute Gasteiger partial charge is 0.317 e. The molecule has 1 N–H and O–H groups in total. The van der Waals surface area contributed by atoms with E-state index >= 15 is 0 Å². The molecule has 2 saturated carbocycles. The number of urea groups is 1. The first kappa shape index (κ1) is 23.7. The van der Waals surface area contributed by atoms with E-state index in [1.807, 2.05) is 0 Å². The van der Waals surface area contributed by atoms with Crippen molar-refractivity contribution in [1.82, 2.24) is 24.7 Å². The fourth-order valence-electron chi connectivity index (χ4n) is 6.23. The van der Waals surface area contributed by atoms with Crippen LogP contribution in [-0.2, 0) is 10.3 Å². The quantitative estimate of drug-likeness (QED) is 0.659. The molecule has 1 spiro atoms. The lowest BCUT2D eigenvalue weighted by Gasteiger charge is -2.51. The molecule has 0 atom stereocenters. The SMILES string of the molecule is CN(C)[C@]1(c2ccccc2)CC[C@]2(CC1)CN(CC(=O)Nc1ccncn1)C(=O)N2CC1CCC1. The lowest BCUT2D eigenvalue weighted by Crippen LogP contribution is -2.56. The van der Waals surface area contributed by atoms with E-state index in [0.29, 0.717) is 18.3 Å². The van der Waals surface area contributed by atoms with Gasteiger partial charge in [0.05, 0.1) is 5.54 Å². The summed E-state index contributed by atoms with van der Waals surface area (Å²) in [5.41, 5.74) is 1.10. The Morgan fingerprint density at radius 1 is 1.11 bits per heavy atom. The standard InChI is InChI=1S/C27H36N6O2/c1-31(2)27(22-9-4-3-5-10-22)14-12-26(13-15-27)19-32(25(35)33(26)17-21-7-6-8-21)18-24(34)30-23-11-16-28-20-29-23/h3-5,9-11,16,20-21H,6-8,12-15,17-19H2,1-2H3,(H,28,29,30,34)/t26-,27+. The van der Waals surface area contributed by atoms with Crippen LogP contribution in [0.2, 0.25) is 0 Å². The zero-order valence-electron chi connectivity index (χ0n) is 20.8. The van der Waals surface area contributed by atoms with Crippen molar-refractivity contribution in [3.63, 3.8) is 0 Å². The maximum atomic E-state index is 13.6. The largest absolute Gasteiger partial charge is 0.321 e. The van der Waals surface area contributed by atoms with Crippen molar-refractivity contribution in [2.45, 2.75) is 56.0 Å². The third kappa shape index (κ3) is 4.51. The number of rotatable bonds is 7. The molecule has 1 saturated heterocycles. The summed E-state index contributed by atoms with van der Waals surface area (Å²) >= 11 is 0. The molecule has 2 heterocycles. The molecular formula is C27H36N6O2. The van der Waals surface area contributed by atoms with Crippen LogP contribution < -0.4 is 5.32 Å². The molecule has 186 valence electrons. The van der Waals surface area contributed by atoms with Crippen molar-refractivity contribution >= 4 is 17.8 Å². The van der Waals surface area contributed by atoms with Crippen LogP contribution in [0.5, 0.6) is 0 Å². The van der Waals surface area contributed by atoms with Gasteiger partial charge in [-0.3, -0.25) is 9.69 Å². The summed E-state index contributed by atoms with van der Waals surface area (Å²) in [6.07, 6.45) is 10.5. The van der Waals surface area contributed by atoms with E-state index in [4.69, 9.17) is 0 Å². The summed E-state index contributed by atoms with van der Waals surface area (Å²) in [5, 5.41) is 2.80. The van der Waals surface area contributed by atoms with Gasteiger partial charge in [0, 0.05) is 24.8 Å². The maximum absolute atomic E-state index is 13.6. The Morgan fingerprint density at radius 3 is 2.46 bits per heavy atom. The third-order valence-electron chi connectivity index (χ3n) is 8.58. The van der Waals surface area contributed by atoms with Crippen LogP contribution in [0.1, 0.15) is 50.5 Å². The van der Waals surface area contributed by atoms with Crippen molar-refractivity contribution in [3.05, 3.63) is 54.5 Å². The number of amides is 3. The Kier molecular flexibility index (Phi) is 6.49. The molecule has 5 rings (SSSR count). The molecule has 35 heavy (non-hydrogen) atoms. The van der Waals surface area contributed by atoms with Gasteiger partial charge in [0.1, 0.15) is 18.7 Å². The van der Waals surface area contributed by atoms with E-state index in [2.05, 4.69) is 69.5 Å². The first-order chi connectivity index (χ1) is 16.9. The van der Waals surface area contributed by atoms with Gasteiger partial charge in [0.2, 0.25) is 5.91 Å². The predicted molar refractivity (Wildman–Crippen MR) is 135 cm³/mol. The Balaban J connectivity index is 1.34. The molecule has 2 aliphatic carbocycles. The molecular weight excluding hydrogens is 440 g/mol. The van der Waals surface area contributed by atoms with Gasteiger partial charge in [-0.25, -0.2) is 14.8 Å². The zero-order chi connectivity index (χ0) is 24.5. The highest BCUT2D eigenvalue weighted by Crippen LogP contribution is 2.49. The van der Waals surface area contributed by atoms with E-state index in [1.54, 1.807) is 17.2 Å². The molecule has 1 aromatic carbocycles. The summed E-state index contributed by atoms with van der Waals surface area (Å²) in [5.74, 6) is 0.815. The number of aromatic nitrogens is 2. The molecule has 1 aliphatic heterocycles. The van der Waals surface area contributed by atoms with Gasteiger partial charge in [-0.1, -0.05) is 36.8 Å². The fraction of sp³-hybridized carbons (Fsp3) is 0.556. The number of carbonyl (C=O) groups is 2. The van der Waals surface area contributed by atoms with Gasteiger partial charge >= 0.3 is 6.03 Å². The highest BCUT2D eigenvalue weighted by Gasteiger charge is 2.55. The number of carbonyl (C=O) groups excluding carboxylic acids is 2. The van der Waals surface area contributed by atoms with Crippen LogP contribution in [-0.4, -0.2) is 75.9 Å². The Hall–Kier alpha value is -3.00. The molecule has 3 aliphatic rings. The number of hydrogen-bond donors (Lipinski definition) is 1. The minimum atomic E-state index is -0.222. The monoisotopic (exact) mass is 476 g/mol. The minimum absolute atomic E-state index is 0.00630. The Morgan fingerprint density at radius 2 is 1.86 bits per heavy atom. The maximum Gasteiger partial charge on any atom is 0.321 e. The molecule has 2 aromatic rings. The first-order valence-corrected chi connectivity index (χ1v) is 12.8. The zero-order valence-corrected chi connectivity index (χ0v) is 20.8. The molecule has 3 amide bonds. The lowest BCUT2D eigenvalue weighted by atomic mass is 9.68. The van der Waals surface area contributed by atoms with E-state index in [9.17, 15) is 9.59 Å². The van der Waals surface area contributed by atoms with Crippen LogP contribution in [0.4, 0.5) is 10.6 Å². The second kappa shape index (κ2) is 9.57. The van der Waals surface area contributed by atoms with Gasteiger partial charge < -0.3 is 15.1 Å². The molecule has 0 radical (unpaired) electrons. The van der Waals surface area contributed by atoms with Gasteiger partial charge in [0.25, 0.3) is 0 Å². The summed E-state index contributed by atoms with van der Waals surface area (Å²) in [6.45, 7) is 1.46.